The van der Waals surface area contributed by atoms with E-state index in [0.717, 1.165) is 26.7 Å². The molecule has 4 unspecified atom stereocenters. The average molecular weight is 552 g/mol. The molecule has 7 nitrogen and oxygen atoms in total. The first kappa shape index (κ1) is 24.6. The van der Waals surface area contributed by atoms with Crippen LogP contribution in [0.3, 0.4) is 0 Å². The molecule has 2 aliphatic rings. The van der Waals surface area contributed by atoms with Gasteiger partial charge in [0.2, 0.25) is 5.91 Å². The third-order valence-corrected chi connectivity index (χ3v) is 7.70. The van der Waals surface area contributed by atoms with Crippen molar-refractivity contribution in [3.05, 3.63) is 87.4 Å². The monoisotopic (exact) mass is 551 g/mol. The highest BCUT2D eigenvalue weighted by Crippen LogP contribution is 2.49. The molecule has 0 spiro atoms. The Hall–Kier alpha value is -3.07. The van der Waals surface area contributed by atoms with Crippen molar-refractivity contribution in [1.29, 1.82) is 0 Å². The summed E-state index contributed by atoms with van der Waals surface area (Å²) in [5, 5.41) is 10.7. The molecule has 2 fully saturated rings. The number of aromatic hydroxyl groups is 1. The summed E-state index contributed by atoms with van der Waals surface area (Å²) in [5.74, 6) is 1.52. The van der Waals surface area contributed by atoms with Crippen LogP contribution in [0.4, 0.5) is 0 Å². The van der Waals surface area contributed by atoms with Crippen LogP contribution >= 0.6 is 15.9 Å². The van der Waals surface area contributed by atoms with Gasteiger partial charge in [0.1, 0.15) is 11.8 Å². The van der Waals surface area contributed by atoms with Crippen LogP contribution in [0.1, 0.15) is 34.3 Å². The van der Waals surface area contributed by atoms with Crippen LogP contribution in [-0.4, -0.2) is 42.7 Å². The molecule has 3 N–H and O–H groups in total. The summed E-state index contributed by atoms with van der Waals surface area (Å²) in [7, 11) is 3.24. The van der Waals surface area contributed by atoms with E-state index < -0.39 is 6.04 Å². The molecule has 4 atom stereocenters. The Morgan fingerprint density at radius 3 is 2.50 bits per heavy atom. The van der Waals surface area contributed by atoms with E-state index in [2.05, 4.69) is 38.9 Å². The number of phenolic OH excluding ortho intramolecular Hbond substituents is 1. The van der Waals surface area contributed by atoms with Crippen molar-refractivity contribution >= 4 is 21.8 Å². The Bertz CT molecular complexity index is 1280. The Balaban J connectivity index is 1.50. The van der Waals surface area contributed by atoms with Crippen LogP contribution in [0, 0.1) is 12.8 Å². The molecule has 5 rings (SSSR count). The second-order valence-electron chi connectivity index (χ2n) is 9.35. The van der Waals surface area contributed by atoms with Crippen LogP contribution in [0.5, 0.6) is 17.2 Å². The minimum Gasteiger partial charge on any atom is -0.508 e. The maximum atomic E-state index is 13.7. The van der Waals surface area contributed by atoms with Gasteiger partial charge in [0.15, 0.2) is 11.5 Å². The number of halogens is 1. The second kappa shape index (κ2) is 10.1. The summed E-state index contributed by atoms with van der Waals surface area (Å²) in [4.78, 5) is 15.7. The van der Waals surface area contributed by atoms with Crippen molar-refractivity contribution in [3.63, 3.8) is 0 Å². The molecule has 188 valence electrons. The number of hydrogen-bond acceptors (Lipinski definition) is 6. The number of likely N-dealkylation sites (tertiary alicyclic amines) is 1. The Morgan fingerprint density at radius 1 is 0.972 bits per heavy atom. The molecule has 0 aromatic heterocycles. The smallest absolute Gasteiger partial charge is 0.242 e. The number of rotatable bonds is 7. The van der Waals surface area contributed by atoms with Gasteiger partial charge in [-0.1, -0.05) is 51.8 Å². The summed E-state index contributed by atoms with van der Waals surface area (Å²) < 4.78 is 11.8. The molecular formula is C28H30BrN3O4. The average Bonchev–Trinajstić information content (AvgIpc) is 3.42. The number of hydrazine groups is 1. The largest absolute Gasteiger partial charge is 0.508 e. The van der Waals surface area contributed by atoms with Crippen LogP contribution < -0.4 is 20.3 Å². The summed E-state index contributed by atoms with van der Waals surface area (Å²) in [6, 6.07) is 18.8. The van der Waals surface area contributed by atoms with Gasteiger partial charge in [0.25, 0.3) is 0 Å². The molecule has 1 amide bonds. The maximum Gasteiger partial charge on any atom is 0.242 e. The lowest BCUT2D eigenvalue weighted by molar-refractivity contribution is -0.130. The molecule has 3 aromatic carbocycles. The van der Waals surface area contributed by atoms with Gasteiger partial charge < -0.3 is 19.5 Å². The van der Waals surface area contributed by atoms with Crippen LogP contribution in [-0.2, 0) is 11.2 Å². The van der Waals surface area contributed by atoms with Crippen LogP contribution in [0.15, 0.2) is 65.1 Å². The lowest BCUT2D eigenvalue weighted by Gasteiger charge is -2.32. The van der Waals surface area contributed by atoms with E-state index in [0.29, 0.717) is 24.5 Å². The topological polar surface area (TPSA) is 83.1 Å². The standard InChI is InChI=1S/C28H30BrN3O4/c1-16-7-9-21(33)20(13-16)25-24-26(31-30-25)28(34)32(27(24)18-5-4-6-19(29)15-18)12-11-17-8-10-22(35-2)23(14-17)36-3/h4-10,13-15,24-27,30-31,33H,11-12H2,1-3H3. The number of fused-ring (bicyclic) bond motifs is 1. The van der Waals surface area contributed by atoms with E-state index in [4.69, 9.17) is 9.47 Å². The fourth-order valence-electron chi connectivity index (χ4n) is 5.51. The minimum absolute atomic E-state index is 0.0487. The SMILES string of the molecule is COc1ccc(CCN2C(=O)C3NNC(c4cc(C)ccc4O)C3C2c2cccc(Br)c2)cc1OC. The highest BCUT2D eigenvalue weighted by Gasteiger charge is 2.55. The van der Waals surface area contributed by atoms with Gasteiger partial charge in [-0.2, -0.15) is 0 Å². The first-order valence-electron chi connectivity index (χ1n) is 12.0. The van der Waals surface area contributed by atoms with Gasteiger partial charge in [-0.05, 0) is 54.8 Å². The van der Waals surface area contributed by atoms with Crippen molar-refractivity contribution in [2.24, 2.45) is 5.92 Å². The molecule has 2 saturated heterocycles. The van der Waals surface area contributed by atoms with Crippen molar-refractivity contribution in [2.75, 3.05) is 20.8 Å². The summed E-state index contributed by atoms with van der Waals surface area (Å²) in [6.45, 7) is 2.55. The molecule has 0 bridgehead atoms. The Morgan fingerprint density at radius 2 is 1.75 bits per heavy atom. The molecule has 2 heterocycles. The highest BCUT2D eigenvalue weighted by molar-refractivity contribution is 9.10. The number of methoxy groups -OCH3 is 2. The lowest BCUT2D eigenvalue weighted by Crippen LogP contribution is -2.42. The number of nitrogens with zero attached hydrogens (tertiary/aromatic N) is 1. The molecule has 0 radical (unpaired) electrons. The molecule has 0 saturated carbocycles. The molecule has 2 aliphatic heterocycles. The number of carbonyl (C=O) groups is 1. The van der Waals surface area contributed by atoms with E-state index in [1.165, 1.54) is 0 Å². The van der Waals surface area contributed by atoms with Gasteiger partial charge in [0.05, 0.1) is 26.3 Å². The molecule has 3 aromatic rings. The number of carbonyl (C=O) groups excluding carboxylic acids is 1. The van der Waals surface area contributed by atoms with Crippen molar-refractivity contribution in [1.82, 2.24) is 15.8 Å². The first-order valence-corrected chi connectivity index (χ1v) is 12.8. The van der Waals surface area contributed by atoms with Gasteiger partial charge in [-0.15, -0.1) is 0 Å². The number of nitrogens with one attached hydrogen (secondary N) is 2. The number of hydrogen-bond donors (Lipinski definition) is 3. The van der Waals surface area contributed by atoms with Crippen LogP contribution in [0.25, 0.3) is 0 Å². The van der Waals surface area contributed by atoms with Gasteiger partial charge in [0, 0.05) is 22.5 Å². The summed E-state index contributed by atoms with van der Waals surface area (Å²) in [6.07, 6.45) is 0.670. The van der Waals surface area contributed by atoms with E-state index in [1.54, 1.807) is 20.3 Å². The molecule has 36 heavy (non-hydrogen) atoms. The Kier molecular flexibility index (Phi) is 6.92. The maximum absolute atomic E-state index is 13.7. The predicted octanol–water partition coefficient (Wildman–Crippen LogP) is 4.44. The minimum atomic E-state index is -0.399. The summed E-state index contributed by atoms with van der Waals surface area (Å²) in [5.41, 5.74) is 10.5. The number of ether oxygens (including phenoxy) is 2. The highest BCUT2D eigenvalue weighted by atomic mass is 79.9. The number of phenols is 1. The predicted molar refractivity (Wildman–Crippen MR) is 141 cm³/mol. The number of amides is 1. The first-order chi connectivity index (χ1) is 17.4. The van der Waals surface area contributed by atoms with Crippen molar-refractivity contribution < 1.29 is 19.4 Å². The third-order valence-electron chi connectivity index (χ3n) is 7.21. The summed E-state index contributed by atoms with van der Waals surface area (Å²) >= 11 is 3.60. The van der Waals surface area contributed by atoms with Crippen LogP contribution in [0.2, 0.25) is 0 Å². The Labute approximate surface area is 219 Å². The zero-order valence-electron chi connectivity index (χ0n) is 20.5. The third kappa shape index (κ3) is 4.45. The zero-order valence-corrected chi connectivity index (χ0v) is 22.1. The van der Waals surface area contributed by atoms with Crippen molar-refractivity contribution in [2.45, 2.75) is 31.5 Å². The van der Waals surface area contributed by atoms with Gasteiger partial charge in [-0.25, -0.2) is 10.9 Å². The quantitative estimate of drug-likeness (QED) is 0.402. The molecular weight excluding hydrogens is 522 g/mol. The van der Waals surface area contributed by atoms with E-state index >= 15 is 0 Å². The normalized spacial score (nSPS) is 23.1. The van der Waals surface area contributed by atoms with Crippen molar-refractivity contribution in [3.8, 4) is 17.2 Å². The van der Waals surface area contributed by atoms with E-state index in [9.17, 15) is 9.90 Å². The van der Waals surface area contributed by atoms with Gasteiger partial charge >= 0.3 is 0 Å². The van der Waals surface area contributed by atoms with E-state index in [1.807, 2.05) is 54.3 Å². The zero-order chi connectivity index (χ0) is 25.4. The molecule has 8 heteroatoms. The number of benzene rings is 3. The number of aryl methyl sites for hydroxylation is 1. The fraction of sp³-hybridized carbons (Fsp3) is 0.321. The molecule has 0 aliphatic carbocycles. The fourth-order valence-corrected chi connectivity index (χ4v) is 5.93. The van der Waals surface area contributed by atoms with Gasteiger partial charge in [-0.3, -0.25) is 4.79 Å². The van der Waals surface area contributed by atoms with E-state index in [-0.39, 0.29) is 29.7 Å². The lowest BCUT2D eigenvalue weighted by atomic mass is 9.83. The second-order valence-corrected chi connectivity index (χ2v) is 10.3.